The molecule has 0 bridgehead atoms. The van der Waals surface area contributed by atoms with Crippen LogP contribution in [0.1, 0.15) is 105 Å². The smallest absolute Gasteiger partial charge is 0.343 e. The van der Waals surface area contributed by atoms with Gasteiger partial charge in [-0.2, -0.15) is 5.10 Å². The standard InChI is InChI=1S/C31H42BrN3O4/c1-3-4-5-6-7-8-9-10-11-12-13-17-29(36)33-23-30(37)35-34-22-26-21-27(32)18-19-28(26)39-31(38)25-16-14-15-24(2)20-25/h14-16,18-22H,3-13,17,23H2,1-2H3,(H,33,36)(H,35,37)/b34-22+. The molecular weight excluding hydrogens is 558 g/mol. The molecule has 0 aromatic heterocycles. The molecule has 2 N–H and O–H groups in total. The van der Waals surface area contributed by atoms with Crippen molar-refractivity contribution >= 4 is 39.9 Å². The number of halogens is 1. The van der Waals surface area contributed by atoms with E-state index in [1.165, 1.54) is 57.6 Å². The summed E-state index contributed by atoms with van der Waals surface area (Å²) < 4.78 is 6.31. The highest BCUT2D eigenvalue weighted by molar-refractivity contribution is 9.10. The normalized spacial score (nSPS) is 10.9. The summed E-state index contributed by atoms with van der Waals surface area (Å²) in [6.45, 7) is 3.99. The largest absolute Gasteiger partial charge is 0.422 e. The molecule has 7 nitrogen and oxygen atoms in total. The summed E-state index contributed by atoms with van der Waals surface area (Å²) in [4.78, 5) is 36.7. The molecular formula is C31H42BrN3O4. The summed E-state index contributed by atoms with van der Waals surface area (Å²) in [5, 5.41) is 6.59. The molecule has 0 aliphatic rings. The number of rotatable bonds is 18. The number of nitrogens with zero attached hydrogens (tertiary/aromatic N) is 1. The predicted octanol–water partition coefficient (Wildman–Crippen LogP) is 7.24. The van der Waals surface area contributed by atoms with Gasteiger partial charge < -0.3 is 10.1 Å². The Labute approximate surface area is 241 Å². The van der Waals surface area contributed by atoms with Crippen molar-refractivity contribution in [2.75, 3.05) is 6.54 Å². The fourth-order valence-corrected chi connectivity index (χ4v) is 4.45. The summed E-state index contributed by atoms with van der Waals surface area (Å²) >= 11 is 3.39. The minimum absolute atomic E-state index is 0.137. The van der Waals surface area contributed by atoms with Crippen LogP contribution in [0.3, 0.4) is 0 Å². The highest BCUT2D eigenvalue weighted by atomic mass is 79.9. The van der Waals surface area contributed by atoms with Crippen LogP contribution in [0, 0.1) is 6.92 Å². The third kappa shape index (κ3) is 14.1. The zero-order chi connectivity index (χ0) is 28.3. The van der Waals surface area contributed by atoms with Crippen LogP contribution in [-0.4, -0.2) is 30.5 Å². The number of unbranched alkanes of at least 4 members (excludes halogenated alkanes) is 10. The monoisotopic (exact) mass is 599 g/mol. The van der Waals surface area contributed by atoms with Gasteiger partial charge in [-0.25, -0.2) is 10.2 Å². The molecule has 212 valence electrons. The first kappa shape index (κ1) is 32.2. The van der Waals surface area contributed by atoms with Crippen LogP contribution < -0.4 is 15.5 Å². The van der Waals surface area contributed by atoms with Gasteiger partial charge in [-0.3, -0.25) is 9.59 Å². The van der Waals surface area contributed by atoms with Gasteiger partial charge in [-0.1, -0.05) is 105 Å². The van der Waals surface area contributed by atoms with Gasteiger partial charge in [0.15, 0.2) is 0 Å². The summed E-state index contributed by atoms with van der Waals surface area (Å²) in [6.07, 6.45) is 15.3. The number of carbonyl (C=O) groups is 3. The molecule has 2 rings (SSSR count). The first-order valence-corrected chi connectivity index (χ1v) is 14.9. The Morgan fingerprint density at radius 1 is 0.872 bits per heavy atom. The number of aryl methyl sites for hydroxylation is 1. The fraction of sp³-hybridized carbons (Fsp3) is 0.484. The number of carbonyl (C=O) groups excluding carboxylic acids is 3. The third-order valence-electron chi connectivity index (χ3n) is 6.27. The Hall–Kier alpha value is -3.00. The summed E-state index contributed by atoms with van der Waals surface area (Å²) in [7, 11) is 0. The van der Waals surface area contributed by atoms with Crippen molar-refractivity contribution in [3.63, 3.8) is 0 Å². The van der Waals surface area contributed by atoms with Gasteiger partial charge in [0.1, 0.15) is 5.75 Å². The van der Waals surface area contributed by atoms with Crippen LogP contribution in [0.2, 0.25) is 0 Å². The van der Waals surface area contributed by atoms with Gasteiger partial charge in [0.25, 0.3) is 5.91 Å². The number of ether oxygens (including phenoxy) is 1. The van der Waals surface area contributed by atoms with Gasteiger partial charge in [0, 0.05) is 16.5 Å². The molecule has 2 aromatic carbocycles. The van der Waals surface area contributed by atoms with Crippen LogP contribution >= 0.6 is 15.9 Å². The summed E-state index contributed by atoms with van der Waals surface area (Å²) in [5.41, 5.74) is 4.30. The van der Waals surface area contributed by atoms with Crippen LogP contribution in [0.5, 0.6) is 5.75 Å². The molecule has 0 heterocycles. The second-order valence-corrected chi connectivity index (χ2v) is 10.7. The lowest BCUT2D eigenvalue weighted by Crippen LogP contribution is -2.34. The number of benzene rings is 2. The number of hydrogen-bond acceptors (Lipinski definition) is 5. The number of amides is 2. The Balaban J connectivity index is 1.65. The predicted molar refractivity (Wildman–Crippen MR) is 160 cm³/mol. The molecule has 0 fully saturated rings. The second kappa shape index (κ2) is 19.1. The van der Waals surface area contributed by atoms with Crippen molar-refractivity contribution < 1.29 is 19.1 Å². The van der Waals surface area contributed by atoms with E-state index >= 15 is 0 Å². The van der Waals surface area contributed by atoms with Crippen LogP contribution in [-0.2, 0) is 9.59 Å². The second-order valence-electron chi connectivity index (χ2n) is 9.80. The molecule has 0 saturated heterocycles. The molecule has 0 radical (unpaired) electrons. The van der Waals surface area contributed by atoms with E-state index in [1.807, 2.05) is 13.0 Å². The van der Waals surface area contributed by atoms with Gasteiger partial charge >= 0.3 is 5.97 Å². The minimum Gasteiger partial charge on any atom is -0.422 e. The fourth-order valence-electron chi connectivity index (χ4n) is 4.07. The van der Waals surface area contributed by atoms with Crippen LogP contribution in [0.15, 0.2) is 52.0 Å². The van der Waals surface area contributed by atoms with E-state index < -0.39 is 11.9 Å². The molecule has 0 aliphatic carbocycles. The Kier molecular flexibility index (Phi) is 15.8. The van der Waals surface area contributed by atoms with Gasteiger partial charge in [0.2, 0.25) is 5.91 Å². The highest BCUT2D eigenvalue weighted by Crippen LogP contribution is 2.23. The molecule has 0 atom stereocenters. The number of hydrazone groups is 1. The van der Waals surface area contributed by atoms with E-state index in [9.17, 15) is 14.4 Å². The van der Waals surface area contributed by atoms with Gasteiger partial charge in [-0.15, -0.1) is 0 Å². The maximum atomic E-state index is 12.5. The Bertz CT molecular complexity index is 1090. The molecule has 0 saturated carbocycles. The van der Waals surface area contributed by atoms with E-state index in [0.717, 1.165) is 29.3 Å². The highest BCUT2D eigenvalue weighted by Gasteiger charge is 2.12. The summed E-state index contributed by atoms with van der Waals surface area (Å²) in [6, 6.07) is 12.3. The van der Waals surface area contributed by atoms with Crippen molar-refractivity contribution in [2.24, 2.45) is 5.10 Å². The van der Waals surface area contributed by atoms with Crippen molar-refractivity contribution in [3.8, 4) is 5.75 Å². The lowest BCUT2D eigenvalue weighted by molar-refractivity contribution is -0.126. The first-order chi connectivity index (χ1) is 18.9. The van der Waals surface area contributed by atoms with Crippen molar-refractivity contribution in [1.29, 1.82) is 0 Å². The maximum absolute atomic E-state index is 12.5. The van der Waals surface area contributed by atoms with E-state index in [0.29, 0.717) is 23.3 Å². The molecule has 8 heteroatoms. The molecule has 2 amide bonds. The van der Waals surface area contributed by atoms with Crippen LogP contribution in [0.4, 0.5) is 0 Å². The van der Waals surface area contributed by atoms with E-state index in [1.54, 1.807) is 36.4 Å². The topological polar surface area (TPSA) is 96.9 Å². The van der Waals surface area contributed by atoms with Crippen molar-refractivity contribution in [1.82, 2.24) is 10.7 Å². The van der Waals surface area contributed by atoms with E-state index in [-0.39, 0.29) is 12.5 Å². The third-order valence-corrected chi connectivity index (χ3v) is 6.77. The molecule has 2 aromatic rings. The molecule has 39 heavy (non-hydrogen) atoms. The lowest BCUT2D eigenvalue weighted by atomic mass is 10.1. The van der Waals surface area contributed by atoms with Crippen LogP contribution in [0.25, 0.3) is 0 Å². The lowest BCUT2D eigenvalue weighted by Gasteiger charge is -2.08. The zero-order valence-electron chi connectivity index (χ0n) is 23.3. The first-order valence-electron chi connectivity index (χ1n) is 14.1. The number of esters is 1. The number of nitrogens with one attached hydrogen (secondary N) is 2. The van der Waals surface area contributed by atoms with E-state index in [2.05, 4.69) is 38.7 Å². The van der Waals surface area contributed by atoms with Crippen molar-refractivity contribution in [3.05, 3.63) is 63.6 Å². The Morgan fingerprint density at radius 2 is 1.54 bits per heavy atom. The minimum atomic E-state index is -0.486. The van der Waals surface area contributed by atoms with Gasteiger partial charge in [-0.05, 0) is 43.7 Å². The quantitative estimate of drug-likeness (QED) is 0.0620. The van der Waals surface area contributed by atoms with E-state index in [4.69, 9.17) is 4.74 Å². The molecule has 0 spiro atoms. The Morgan fingerprint density at radius 3 is 2.21 bits per heavy atom. The average molecular weight is 601 g/mol. The van der Waals surface area contributed by atoms with Gasteiger partial charge in [0.05, 0.1) is 18.3 Å². The summed E-state index contributed by atoms with van der Waals surface area (Å²) in [5.74, 6) is -0.752. The zero-order valence-corrected chi connectivity index (χ0v) is 24.9. The molecule has 0 unspecified atom stereocenters. The molecule has 0 aliphatic heterocycles. The maximum Gasteiger partial charge on any atom is 0.343 e. The average Bonchev–Trinajstić information content (AvgIpc) is 2.92. The SMILES string of the molecule is CCCCCCCCCCCCCC(=O)NCC(=O)N/N=C/c1cc(Br)ccc1OC(=O)c1cccc(C)c1. The van der Waals surface area contributed by atoms with Crippen molar-refractivity contribution in [2.45, 2.75) is 90.9 Å². The number of hydrogen-bond donors (Lipinski definition) is 2.